The molecule has 0 spiro atoms. The summed E-state index contributed by atoms with van der Waals surface area (Å²) in [6.07, 6.45) is 1.73. The molecule has 0 radical (unpaired) electrons. The van der Waals surface area contributed by atoms with Crippen molar-refractivity contribution in [2.24, 2.45) is 0 Å². The molecule has 0 saturated heterocycles. The van der Waals surface area contributed by atoms with E-state index in [1.807, 2.05) is 39.8 Å². The highest BCUT2D eigenvalue weighted by Crippen LogP contribution is 2.06. The molecule has 4 heteroatoms. The lowest BCUT2D eigenvalue weighted by Crippen LogP contribution is -2.41. The first kappa shape index (κ1) is 12.5. The van der Waals surface area contributed by atoms with Gasteiger partial charge in [0.2, 0.25) is 5.91 Å². The molecule has 2 N–H and O–H groups in total. The number of carbonyl (C=O) groups is 1. The van der Waals surface area contributed by atoms with Crippen LogP contribution < -0.4 is 10.6 Å². The second-order valence-electron chi connectivity index (χ2n) is 4.25. The molecule has 4 nitrogen and oxygen atoms in total. The van der Waals surface area contributed by atoms with E-state index in [4.69, 9.17) is 0 Å². The molecule has 0 saturated carbocycles. The summed E-state index contributed by atoms with van der Waals surface area (Å²) in [6.45, 7) is 7.69. The molecule has 1 unspecified atom stereocenters. The van der Waals surface area contributed by atoms with E-state index < -0.39 is 0 Å². The highest BCUT2D eigenvalue weighted by atomic mass is 16.2. The number of hydrogen-bond acceptors (Lipinski definition) is 3. The first-order chi connectivity index (χ1) is 7.49. The maximum Gasteiger partial charge on any atom is 0.242 e. The van der Waals surface area contributed by atoms with Crippen LogP contribution in [0.15, 0.2) is 18.3 Å². The van der Waals surface area contributed by atoms with Gasteiger partial charge in [0.1, 0.15) is 11.9 Å². The number of rotatable bonds is 4. The Balaban J connectivity index is 2.57. The van der Waals surface area contributed by atoms with Crippen LogP contribution in [-0.2, 0) is 4.79 Å². The van der Waals surface area contributed by atoms with Crippen LogP contribution in [0.25, 0.3) is 0 Å². The van der Waals surface area contributed by atoms with Gasteiger partial charge >= 0.3 is 0 Å². The number of anilines is 1. The lowest BCUT2D eigenvalue weighted by atomic mass is 10.2. The molecule has 1 heterocycles. The fourth-order valence-corrected chi connectivity index (χ4v) is 1.31. The number of carbonyl (C=O) groups excluding carboxylic acids is 1. The van der Waals surface area contributed by atoms with Crippen LogP contribution in [-0.4, -0.2) is 23.0 Å². The van der Waals surface area contributed by atoms with E-state index in [0.29, 0.717) is 0 Å². The molecular weight excluding hydrogens is 202 g/mol. The fourth-order valence-electron chi connectivity index (χ4n) is 1.31. The van der Waals surface area contributed by atoms with E-state index in [9.17, 15) is 4.79 Å². The van der Waals surface area contributed by atoms with E-state index in [1.165, 1.54) is 0 Å². The first-order valence-corrected chi connectivity index (χ1v) is 5.48. The van der Waals surface area contributed by atoms with Gasteiger partial charge in [0.25, 0.3) is 0 Å². The van der Waals surface area contributed by atoms with Crippen molar-refractivity contribution in [1.82, 2.24) is 10.3 Å². The number of pyridine rings is 1. The third kappa shape index (κ3) is 3.88. The van der Waals surface area contributed by atoms with Gasteiger partial charge in [0, 0.05) is 12.2 Å². The third-order valence-corrected chi connectivity index (χ3v) is 2.10. The van der Waals surface area contributed by atoms with Crippen molar-refractivity contribution in [1.29, 1.82) is 0 Å². The molecule has 1 amide bonds. The molecule has 16 heavy (non-hydrogen) atoms. The summed E-state index contributed by atoms with van der Waals surface area (Å²) in [4.78, 5) is 15.8. The van der Waals surface area contributed by atoms with E-state index in [2.05, 4.69) is 15.6 Å². The van der Waals surface area contributed by atoms with Crippen molar-refractivity contribution in [3.05, 3.63) is 23.9 Å². The van der Waals surface area contributed by atoms with Crippen molar-refractivity contribution in [3.63, 3.8) is 0 Å². The fraction of sp³-hybridized carbons (Fsp3) is 0.500. The highest BCUT2D eigenvalue weighted by molar-refractivity contribution is 5.84. The van der Waals surface area contributed by atoms with Gasteiger partial charge in [-0.05, 0) is 45.4 Å². The smallest absolute Gasteiger partial charge is 0.242 e. The van der Waals surface area contributed by atoms with Gasteiger partial charge in [0.15, 0.2) is 0 Å². The van der Waals surface area contributed by atoms with Crippen LogP contribution in [0, 0.1) is 6.92 Å². The SMILES string of the molecule is Cc1ccnc(NC(C)C(=O)NC(C)C)c1. The number of nitrogens with one attached hydrogen (secondary N) is 2. The molecule has 0 aliphatic rings. The molecule has 0 fully saturated rings. The van der Waals surface area contributed by atoms with Gasteiger partial charge in [-0.15, -0.1) is 0 Å². The average Bonchev–Trinajstić information content (AvgIpc) is 2.16. The van der Waals surface area contributed by atoms with Crippen LogP contribution in [0.4, 0.5) is 5.82 Å². The molecule has 0 aliphatic carbocycles. The second-order valence-corrected chi connectivity index (χ2v) is 4.25. The van der Waals surface area contributed by atoms with Crippen molar-refractivity contribution in [2.45, 2.75) is 39.8 Å². The van der Waals surface area contributed by atoms with Gasteiger partial charge in [-0.2, -0.15) is 0 Å². The summed E-state index contributed by atoms with van der Waals surface area (Å²) in [6, 6.07) is 3.71. The van der Waals surface area contributed by atoms with Gasteiger partial charge in [-0.3, -0.25) is 4.79 Å². The Morgan fingerprint density at radius 2 is 2.06 bits per heavy atom. The summed E-state index contributed by atoms with van der Waals surface area (Å²) in [5.74, 6) is 0.713. The summed E-state index contributed by atoms with van der Waals surface area (Å²) in [7, 11) is 0. The van der Waals surface area contributed by atoms with Crippen molar-refractivity contribution in [2.75, 3.05) is 5.32 Å². The van der Waals surface area contributed by atoms with Crippen LogP contribution in [0.2, 0.25) is 0 Å². The maximum atomic E-state index is 11.6. The molecule has 1 aromatic rings. The molecule has 0 bridgehead atoms. The lowest BCUT2D eigenvalue weighted by Gasteiger charge is -2.16. The topological polar surface area (TPSA) is 54.0 Å². The average molecular weight is 221 g/mol. The number of nitrogens with zero attached hydrogens (tertiary/aromatic N) is 1. The van der Waals surface area contributed by atoms with Crippen LogP contribution in [0.5, 0.6) is 0 Å². The van der Waals surface area contributed by atoms with Gasteiger partial charge in [-0.1, -0.05) is 0 Å². The monoisotopic (exact) mass is 221 g/mol. The zero-order chi connectivity index (χ0) is 12.1. The minimum atomic E-state index is -0.281. The van der Waals surface area contributed by atoms with Gasteiger partial charge < -0.3 is 10.6 Å². The van der Waals surface area contributed by atoms with E-state index in [-0.39, 0.29) is 18.0 Å². The quantitative estimate of drug-likeness (QED) is 0.814. The molecule has 0 aromatic carbocycles. The van der Waals surface area contributed by atoms with Crippen LogP contribution >= 0.6 is 0 Å². The molecular formula is C12H19N3O. The Morgan fingerprint density at radius 3 is 2.62 bits per heavy atom. The van der Waals surface area contributed by atoms with Crippen molar-refractivity contribution in [3.8, 4) is 0 Å². The molecule has 1 atom stereocenters. The minimum absolute atomic E-state index is 0.0155. The Bertz CT molecular complexity index is 363. The van der Waals surface area contributed by atoms with Crippen LogP contribution in [0.1, 0.15) is 26.3 Å². The first-order valence-electron chi connectivity index (χ1n) is 5.48. The van der Waals surface area contributed by atoms with E-state index in [0.717, 1.165) is 11.4 Å². The normalized spacial score (nSPS) is 12.3. The highest BCUT2D eigenvalue weighted by Gasteiger charge is 2.13. The summed E-state index contributed by atoms with van der Waals surface area (Å²) >= 11 is 0. The lowest BCUT2D eigenvalue weighted by molar-refractivity contribution is -0.122. The summed E-state index contributed by atoms with van der Waals surface area (Å²) < 4.78 is 0. The Kier molecular flexibility index (Phi) is 4.28. The van der Waals surface area contributed by atoms with E-state index >= 15 is 0 Å². The van der Waals surface area contributed by atoms with E-state index in [1.54, 1.807) is 6.20 Å². The zero-order valence-corrected chi connectivity index (χ0v) is 10.2. The standard InChI is InChI=1S/C12H19N3O/c1-8(2)14-12(16)10(4)15-11-7-9(3)5-6-13-11/h5-8,10H,1-4H3,(H,13,15)(H,14,16). The largest absolute Gasteiger partial charge is 0.359 e. The number of amides is 1. The van der Waals surface area contributed by atoms with Gasteiger partial charge in [-0.25, -0.2) is 4.98 Å². The van der Waals surface area contributed by atoms with Gasteiger partial charge in [0.05, 0.1) is 0 Å². The zero-order valence-electron chi connectivity index (χ0n) is 10.2. The van der Waals surface area contributed by atoms with Crippen molar-refractivity contribution >= 4 is 11.7 Å². The summed E-state index contributed by atoms with van der Waals surface area (Å²) in [5.41, 5.74) is 1.12. The number of aromatic nitrogens is 1. The second kappa shape index (κ2) is 5.49. The molecule has 1 aromatic heterocycles. The molecule has 88 valence electrons. The number of hydrogen-bond donors (Lipinski definition) is 2. The number of aryl methyl sites for hydroxylation is 1. The summed E-state index contributed by atoms with van der Waals surface area (Å²) in [5, 5.41) is 5.91. The third-order valence-electron chi connectivity index (χ3n) is 2.10. The predicted octanol–water partition coefficient (Wildman–Crippen LogP) is 1.72. The Hall–Kier alpha value is -1.58. The van der Waals surface area contributed by atoms with Crippen LogP contribution in [0.3, 0.4) is 0 Å². The Morgan fingerprint density at radius 1 is 1.38 bits per heavy atom. The minimum Gasteiger partial charge on any atom is -0.359 e. The molecule has 1 rings (SSSR count). The predicted molar refractivity (Wildman–Crippen MR) is 65.3 cm³/mol. The molecule has 0 aliphatic heterocycles. The maximum absolute atomic E-state index is 11.6. The Labute approximate surface area is 96.5 Å². The van der Waals surface area contributed by atoms with Crippen molar-refractivity contribution < 1.29 is 4.79 Å².